The van der Waals surface area contributed by atoms with E-state index in [0.717, 1.165) is 25.7 Å². The zero-order chi connectivity index (χ0) is 10.4. The predicted octanol–water partition coefficient (Wildman–Crippen LogP) is 3.69. The van der Waals surface area contributed by atoms with Gasteiger partial charge in [0.1, 0.15) is 5.78 Å². The lowest BCUT2D eigenvalue weighted by molar-refractivity contribution is -0.119. The van der Waals surface area contributed by atoms with Crippen molar-refractivity contribution < 1.29 is 4.79 Å². The van der Waals surface area contributed by atoms with Crippen LogP contribution >= 0.6 is 11.3 Å². The highest BCUT2D eigenvalue weighted by Gasteiger charge is 2.04. The average molecular weight is 210 g/mol. The first-order chi connectivity index (χ1) is 6.68. The lowest BCUT2D eigenvalue weighted by atomic mass is 10.0. The predicted molar refractivity (Wildman–Crippen MR) is 61.7 cm³/mol. The number of rotatable bonds is 6. The topological polar surface area (TPSA) is 17.1 Å². The molecule has 78 valence electrons. The van der Waals surface area contributed by atoms with Crippen LogP contribution in [-0.2, 0) is 11.2 Å². The Hall–Kier alpha value is -0.630. The first-order valence-corrected chi connectivity index (χ1v) is 6.10. The maximum absolute atomic E-state index is 11.4. The van der Waals surface area contributed by atoms with Crippen LogP contribution in [-0.4, -0.2) is 5.78 Å². The molecule has 14 heavy (non-hydrogen) atoms. The van der Waals surface area contributed by atoms with Gasteiger partial charge in [-0.15, -0.1) is 11.3 Å². The van der Waals surface area contributed by atoms with Crippen molar-refractivity contribution in [3.63, 3.8) is 0 Å². The van der Waals surface area contributed by atoms with Crippen LogP contribution < -0.4 is 0 Å². The van der Waals surface area contributed by atoms with Crippen LogP contribution in [0.5, 0.6) is 0 Å². The van der Waals surface area contributed by atoms with E-state index in [-0.39, 0.29) is 0 Å². The molecular weight excluding hydrogens is 192 g/mol. The third-order valence-electron chi connectivity index (χ3n) is 2.09. The van der Waals surface area contributed by atoms with Gasteiger partial charge >= 0.3 is 0 Å². The Morgan fingerprint density at radius 1 is 1.50 bits per heavy atom. The first-order valence-electron chi connectivity index (χ1n) is 5.22. The van der Waals surface area contributed by atoms with Gasteiger partial charge in [0, 0.05) is 17.7 Å². The lowest BCUT2D eigenvalue weighted by Crippen LogP contribution is -2.02. The molecule has 0 N–H and O–H groups in total. The van der Waals surface area contributed by atoms with Crippen molar-refractivity contribution in [1.29, 1.82) is 0 Å². The van der Waals surface area contributed by atoms with Gasteiger partial charge in [-0.2, -0.15) is 0 Å². The minimum atomic E-state index is 0.413. The number of Topliss-reactive ketones (excluding diaryl/α,β-unsaturated/α-hetero) is 1. The average Bonchev–Trinajstić information content (AvgIpc) is 2.55. The summed E-state index contributed by atoms with van der Waals surface area (Å²) in [5.41, 5.74) is 0. The SMILES string of the molecule is CC(C)CC(=O)CCCc1cccs1. The number of carbonyl (C=O) groups is 1. The molecule has 1 aromatic heterocycles. The maximum atomic E-state index is 11.4. The Labute approximate surface area is 90.2 Å². The van der Waals surface area contributed by atoms with Crippen molar-refractivity contribution in [2.75, 3.05) is 0 Å². The Bertz CT molecular complexity index is 262. The largest absolute Gasteiger partial charge is 0.300 e. The van der Waals surface area contributed by atoms with E-state index in [1.165, 1.54) is 4.88 Å². The number of ketones is 1. The van der Waals surface area contributed by atoms with Crippen LogP contribution in [0.1, 0.15) is 38.0 Å². The summed E-state index contributed by atoms with van der Waals surface area (Å²) in [7, 11) is 0. The van der Waals surface area contributed by atoms with E-state index in [1.807, 2.05) is 0 Å². The van der Waals surface area contributed by atoms with E-state index < -0.39 is 0 Å². The highest BCUT2D eigenvalue weighted by Crippen LogP contribution is 2.13. The van der Waals surface area contributed by atoms with Crippen molar-refractivity contribution in [2.24, 2.45) is 5.92 Å². The van der Waals surface area contributed by atoms with Gasteiger partial charge in [0.25, 0.3) is 0 Å². The Morgan fingerprint density at radius 2 is 2.29 bits per heavy atom. The van der Waals surface area contributed by atoms with Gasteiger partial charge in [0.05, 0.1) is 0 Å². The van der Waals surface area contributed by atoms with E-state index in [2.05, 4.69) is 31.4 Å². The van der Waals surface area contributed by atoms with Crippen molar-refractivity contribution in [2.45, 2.75) is 39.5 Å². The van der Waals surface area contributed by atoms with Crippen molar-refractivity contribution >= 4 is 17.1 Å². The van der Waals surface area contributed by atoms with E-state index in [0.29, 0.717) is 11.7 Å². The van der Waals surface area contributed by atoms with E-state index in [9.17, 15) is 4.79 Å². The van der Waals surface area contributed by atoms with Crippen LogP contribution in [0.3, 0.4) is 0 Å². The molecule has 0 saturated carbocycles. The molecular formula is C12H18OS. The zero-order valence-electron chi connectivity index (χ0n) is 8.95. The second-order valence-corrected chi connectivity index (χ2v) is 5.10. The van der Waals surface area contributed by atoms with Crippen molar-refractivity contribution in [3.8, 4) is 0 Å². The molecule has 0 radical (unpaired) electrons. The third kappa shape index (κ3) is 4.56. The molecule has 1 heterocycles. The molecule has 1 aromatic rings. The summed E-state index contributed by atoms with van der Waals surface area (Å²) in [6.45, 7) is 4.19. The summed E-state index contributed by atoms with van der Waals surface area (Å²) in [5, 5.41) is 2.09. The summed E-state index contributed by atoms with van der Waals surface area (Å²) < 4.78 is 0. The molecule has 0 amide bonds. The molecule has 0 aliphatic rings. The highest BCUT2D eigenvalue weighted by atomic mass is 32.1. The summed E-state index contributed by atoms with van der Waals surface area (Å²) in [6.07, 6.45) is 3.55. The lowest BCUT2D eigenvalue weighted by Gasteiger charge is -2.02. The molecule has 1 rings (SSSR count). The molecule has 0 atom stereocenters. The van der Waals surface area contributed by atoms with E-state index >= 15 is 0 Å². The fraction of sp³-hybridized carbons (Fsp3) is 0.583. The molecule has 0 aliphatic heterocycles. The van der Waals surface area contributed by atoms with Crippen LogP contribution in [0.4, 0.5) is 0 Å². The van der Waals surface area contributed by atoms with E-state index in [4.69, 9.17) is 0 Å². The number of thiophene rings is 1. The van der Waals surface area contributed by atoms with Gasteiger partial charge < -0.3 is 0 Å². The van der Waals surface area contributed by atoms with Gasteiger partial charge in [-0.25, -0.2) is 0 Å². The molecule has 0 spiro atoms. The first kappa shape index (κ1) is 11.4. The number of hydrogen-bond donors (Lipinski definition) is 0. The second-order valence-electron chi connectivity index (χ2n) is 4.07. The van der Waals surface area contributed by atoms with Crippen molar-refractivity contribution in [1.82, 2.24) is 0 Å². The summed E-state index contributed by atoms with van der Waals surface area (Å²) in [6, 6.07) is 4.20. The van der Waals surface area contributed by atoms with Gasteiger partial charge in [0.15, 0.2) is 0 Å². The Kier molecular flexibility index (Phi) is 4.88. The van der Waals surface area contributed by atoms with E-state index in [1.54, 1.807) is 11.3 Å². The second kappa shape index (κ2) is 5.97. The fourth-order valence-corrected chi connectivity index (χ4v) is 2.22. The monoisotopic (exact) mass is 210 g/mol. The standard InChI is InChI=1S/C12H18OS/c1-10(2)9-11(13)5-3-6-12-7-4-8-14-12/h4,7-8,10H,3,5-6,9H2,1-2H3. The van der Waals surface area contributed by atoms with Gasteiger partial charge in [-0.1, -0.05) is 19.9 Å². The van der Waals surface area contributed by atoms with Crippen LogP contribution in [0.2, 0.25) is 0 Å². The normalized spacial score (nSPS) is 10.8. The number of hydrogen-bond acceptors (Lipinski definition) is 2. The molecule has 0 saturated heterocycles. The molecule has 0 aromatic carbocycles. The van der Waals surface area contributed by atoms with Gasteiger partial charge in [0.2, 0.25) is 0 Å². The minimum Gasteiger partial charge on any atom is -0.300 e. The molecule has 0 fully saturated rings. The number of carbonyl (C=O) groups excluding carboxylic acids is 1. The molecule has 2 heteroatoms. The summed E-state index contributed by atoms with van der Waals surface area (Å²) in [5.74, 6) is 0.917. The van der Waals surface area contributed by atoms with Gasteiger partial charge in [-0.3, -0.25) is 4.79 Å². The molecule has 0 aliphatic carbocycles. The van der Waals surface area contributed by atoms with Crippen molar-refractivity contribution in [3.05, 3.63) is 22.4 Å². The zero-order valence-corrected chi connectivity index (χ0v) is 9.77. The molecule has 1 nitrogen and oxygen atoms in total. The smallest absolute Gasteiger partial charge is 0.133 e. The van der Waals surface area contributed by atoms with Crippen LogP contribution in [0, 0.1) is 5.92 Å². The number of aryl methyl sites for hydroxylation is 1. The highest BCUT2D eigenvalue weighted by molar-refractivity contribution is 7.09. The van der Waals surface area contributed by atoms with Crippen LogP contribution in [0.25, 0.3) is 0 Å². The maximum Gasteiger partial charge on any atom is 0.133 e. The van der Waals surface area contributed by atoms with Gasteiger partial charge in [-0.05, 0) is 30.2 Å². The fourth-order valence-electron chi connectivity index (χ4n) is 1.47. The minimum absolute atomic E-state index is 0.413. The molecule has 0 unspecified atom stereocenters. The Morgan fingerprint density at radius 3 is 2.86 bits per heavy atom. The third-order valence-corrected chi connectivity index (χ3v) is 3.03. The summed E-state index contributed by atoms with van der Waals surface area (Å²) >= 11 is 1.78. The Balaban J connectivity index is 2.12. The summed E-state index contributed by atoms with van der Waals surface area (Å²) in [4.78, 5) is 12.8. The van der Waals surface area contributed by atoms with Crippen LogP contribution in [0.15, 0.2) is 17.5 Å². The molecule has 0 bridgehead atoms. The quantitative estimate of drug-likeness (QED) is 0.700.